The van der Waals surface area contributed by atoms with Gasteiger partial charge in [-0.3, -0.25) is 9.36 Å². The van der Waals surface area contributed by atoms with Crippen molar-refractivity contribution < 1.29 is 32.9 Å². The van der Waals surface area contributed by atoms with Crippen molar-refractivity contribution in [1.82, 2.24) is 14.8 Å². The van der Waals surface area contributed by atoms with Crippen LogP contribution in [0.15, 0.2) is 36.4 Å². The van der Waals surface area contributed by atoms with Crippen LogP contribution in [-0.2, 0) is 15.7 Å². The number of halogens is 5. The van der Waals surface area contributed by atoms with E-state index in [1.165, 1.54) is 36.4 Å². The molecular formula is C19H12Cl2F3N3O4. The normalized spacial score (nSPS) is 18.2. The summed E-state index contributed by atoms with van der Waals surface area (Å²) in [6.45, 7) is 0. The first-order valence-corrected chi connectivity index (χ1v) is 9.50. The lowest BCUT2D eigenvalue weighted by Gasteiger charge is -2.23. The van der Waals surface area contributed by atoms with Crippen molar-refractivity contribution in [3.05, 3.63) is 69.2 Å². The lowest BCUT2D eigenvalue weighted by molar-refractivity contribution is -0.146. The Bertz CT molecular complexity index is 1180. The first-order valence-electron chi connectivity index (χ1n) is 8.75. The van der Waals surface area contributed by atoms with Gasteiger partial charge in [0.05, 0.1) is 17.1 Å². The molecule has 0 radical (unpaired) electrons. The minimum Gasteiger partial charge on any atom is -0.506 e. The summed E-state index contributed by atoms with van der Waals surface area (Å²) in [5.41, 5.74) is 0.376. The van der Waals surface area contributed by atoms with Gasteiger partial charge in [-0.25, -0.2) is 0 Å². The van der Waals surface area contributed by atoms with Crippen LogP contribution >= 0.6 is 23.2 Å². The third-order valence-corrected chi connectivity index (χ3v) is 5.34. The topological polar surface area (TPSA) is 97.5 Å². The molecule has 1 aliphatic rings. The van der Waals surface area contributed by atoms with Gasteiger partial charge in [-0.2, -0.15) is 13.2 Å². The number of carboxylic acids is 1. The number of aromatic hydroxyl groups is 1. The highest BCUT2D eigenvalue weighted by Gasteiger charge is 2.43. The molecule has 162 valence electrons. The lowest BCUT2D eigenvalue weighted by Crippen LogP contribution is -2.17. The summed E-state index contributed by atoms with van der Waals surface area (Å²) in [7, 11) is 0. The van der Waals surface area contributed by atoms with Crippen LogP contribution in [0.2, 0.25) is 10.0 Å². The van der Waals surface area contributed by atoms with E-state index < -0.39 is 36.6 Å². The number of carbonyl (C=O) groups is 1. The number of fused-ring (bicyclic) bond motifs is 3. The van der Waals surface area contributed by atoms with Crippen molar-refractivity contribution in [2.45, 2.75) is 24.8 Å². The summed E-state index contributed by atoms with van der Waals surface area (Å²) in [4.78, 5) is 11.4. The maximum Gasteiger partial charge on any atom is 0.452 e. The molecule has 7 nitrogen and oxygen atoms in total. The van der Waals surface area contributed by atoms with Crippen molar-refractivity contribution >= 4 is 29.2 Å². The highest BCUT2D eigenvalue weighted by atomic mass is 35.5. The van der Waals surface area contributed by atoms with E-state index in [-0.39, 0.29) is 38.4 Å². The van der Waals surface area contributed by atoms with Crippen molar-refractivity contribution in [1.29, 1.82) is 0 Å². The molecule has 2 aromatic carbocycles. The largest absolute Gasteiger partial charge is 0.506 e. The minimum atomic E-state index is -4.88. The van der Waals surface area contributed by atoms with Crippen LogP contribution in [0.5, 0.6) is 5.75 Å². The number of nitrogens with zero attached hydrogens (tertiary/aromatic N) is 3. The van der Waals surface area contributed by atoms with E-state index >= 15 is 0 Å². The number of phenolic OH excluding ortho intramolecular Hbond substituents is 1. The van der Waals surface area contributed by atoms with Crippen LogP contribution in [0.25, 0.3) is 5.69 Å². The number of hydrogen-bond donors (Lipinski definition) is 2. The molecular weight excluding hydrogens is 462 g/mol. The molecule has 0 aliphatic carbocycles. The Hall–Kier alpha value is -2.82. The summed E-state index contributed by atoms with van der Waals surface area (Å²) in [6.07, 6.45) is -8.13. The molecule has 0 unspecified atom stereocenters. The van der Waals surface area contributed by atoms with E-state index in [0.717, 1.165) is 4.57 Å². The predicted molar refractivity (Wildman–Crippen MR) is 102 cm³/mol. The highest BCUT2D eigenvalue weighted by Crippen LogP contribution is 2.46. The highest BCUT2D eigenvalue weighted by molar-refractivity contribution is 6.33. The van der Waals surface area contributed by atoms with E-state index in [1.54, 1.807) is 0 Å². The molecule has 0 spiro atoms. The van der Waals surface area contributed by atoms with Crippen molar-refractivity contribution in [3.63, 3.8) is 0 Å². The number of phenols is 1. The Morgan fingerprint density at radius 2 is 1.90 bits per heavy atom. The predicted octanol–water partition coefficient (Wildman–Crippen LogP) is 4.93. The zero-order chi connectivity index (χ0) is 22.5. The molecule has 0 saturated carbocycles. The maximum atomic E-state index is 13.7. The SMILES string of the molecule is O=C(O)C[C@H]1O[C@H](c2cccc(O)c2Cl)c2cc(Cl)ccc2-n2c1nnc2C(F)(F)F. The number of benzene rings is 2. The van der Waals surface area contributed by atoms with Gasteiger partial charge in [-0.1, -0.05) is 35.3 Å². The fourth-order valence-corrected chi connectivity index (χ4v) is 3.85. The van der Waals surface area contributed by atoms with Crippen molar-refractivity contribution in [3.8, 4) is 11.4 Å². The maximum absolute atomic E-state index is 13.7. The van der Waals surface area contributed by atoms with Crippen LogP contribution < -0.4 is 0 Å². The Kier molecular flexibility index (Phi) is 5.32. The zero-order valence-corrected chi connectivity index (χ0v) is 16.8. The number of rotatable bonds is 3. The summed E-state index contributed by atoms with van der Waals surface area (Å²) >= 11 is 12.3. The molecule has 31 heavy (non-hydrogen) atoms. The van der Waals surface area contributed by atoms with Crippen molar-refractivity contribution in [2.75, 3.05) is 0 Å². The average molecular weight is 474 g/mol. The van der Waals surface area contributed by atoms with E-state index in [4.69, 9.17) is 27.9 Å². The Labute approximate surface area is 182 Å². The molecule has 4 rings (SSSR count). The molecule has 3 aromatic rings. The van der Waals surface area contributed by atoms with Gasteiger partial charge in [0.15, 0.2) is 5.82 Å². The third kappa shape index (κ3) is 3.82. The van der Waals surface area contributed by atoms with E-state index in [9.17, 15) is 28.2 Å². The molecule has 0 fully saturated rings. The van der Waals surface area contributed by atoms with Gasteiger partial charge in [0, 0.05) is 16.1 Å². The van der Waals surface area contributed by atoms with Crippen LogP contribution in [-0.4, -0.2) is 30.9 Å². The van der Waals surface area contributed by atoms with Crippen LogP contribution in [0.4, 0.5) is 13.2 Å². The van der Waals surface area contributed by atoms with Crippen LogP contribution in [0, 0.1) is 0 Å². The van der Waals surface area contributed by atoms with Gasteiger partial charge >= 0.3 is 12.1 Å². The second-order valence-electron chi connectivity index (χ2n) is 6.70. The molecule has 12 heteroatoms. The van der Waals surface area contributed by atoms with Crippen molar-refractivity contribution in [2.24, 2.45) is 0 Å². The van der Waals surface area contributed by atoms with Gasteiger partial charge in [0.25, 0.3) is 0 Å². The fraction of sp³-hybridized carbons (Fsp3) is 0.211. The number of ether oxygens (including phenoxy) is 1. The molecule has 0 saturated heterocycles. The van der Waals surface area contributed by atoms with Gasteiger partial charge in [-0.15, -0.1) is 10.2 Å². The summed E-state index contributed by atoms with van der Waals surface area (Å²) in [6, 6.07) is 8.40. The molecule has 1 aromatic heterocycles. The first kappa shape index (κ1) is 21.4. The molecule has 2 atom stereocenters. The number of aromatic nitrogens is 3. The summed E-state index contributed by atoms with van der Waals surface area (Å²) in [5, 5.41) is 26.3. The molecule has 0 amide bonds. The van der Waals surface area contributed by atoms with Gasteiger partial charge < -0.3 is 14.9 Å². The van der Waals surface area contributed by atoms with E-state index in [0.29, 0.717) is 0 Å². The molecule has 2 N–H and O–H groups in total. The standard InChI is InChI=1S/C19H12Cl2F3N3O4/c20-8-4-5-11-10(6-8)16(9-2-1-3-12(28)15(9)21)31-13(7-14(29)30)17-25-26-18(27(11)17)19(22,23)24/h1-6,13,16,28H,7H2,(H,29,30)/t13-,16-/m1/s1. The van der Waals surface area contributed by atoms with E-state index in [2.05, 4.69) is 10.2 Å². The van der Waals surface area contributed by atoms with Gasteiger partial charge in [-0.05, 0) is 24.3 Å². The molecule has 1 aliphatic heterocycles. The van der Waals surface area contributed by atoms with Gasteiger partial charge in [0.1, 0.15) is 18.0 Å². The summed E-state index contributed by atoms with van der Waals surface area (Å²) in [5.74, 6) is -3.27. The second kappa shape index (κ2) is 7.70. The quantitative estimate of drug-likeness (QED) is 0.559. The van der Waals surface area contributed by atoms with Gasteiger partial charge in [0.2, 0.25) is 5.82 Å². The number of alkyl halides is 3. The zero-order valence-electron chi connectivity index (χ0n) is 15.3. The van der Waals surface area contributed by atoms with E-state index in [1.807, 2.05) is 0 Å². The number of hydrogen-bond acceptors (Lipinski definition) is 5. The number of aliphatic carboxylic acids is 1. The Morgan fingerprint density at radius 3 is 2.58 bits per heavy atom. The lowest BCUT2D eigenvalue weighted by atomic mass is 9.99. The van der Waals surface area contributed by atoms with Crippen LogP contribution in [0.1, 0.15) is 41.4 Å². The fourth-order valence-electron chi connectivity index (χ4n) is 3.44. The monoisotopic (exact) mass is 473 g/mol. The minimum absolute atomic E-state index is 0.00553. The number of carboxylic acid groups (broad SMARTS) is 1. The summed E-state index contributed by atoms with van der Waals surface area (Å²) < 4.78 is 47.7. The molecule has 2 heterocycles. The second-order valence-corrected chi connectivity index (χ2v) is 7.52. The molecule has 0 bridgehead atoms. The third-order valence-electron chi connectivity index (χ3n) is 4.69. The first-order chi connectivity index (χ1) is 14.6. The average Bonchev–Trinajstić information content (AvgIpc) is 3.08. The Balaban J connectivity index is 2.04. The Morgan fingerprint density at radius 1 is 1.16 bits per heavy atom. The smallest absolute Gasteiger partial charge is 0.452 e. The van der Waals surface area contributed by atoms with Crippen LogP contribution in [0.3, 0.4) is 0 Å².